The molecular formula is C6H3N6. The highest BCUT2D eigenvalue weighted by atomic mass is 15.2. The normalized spacial score (nSPS) is 9.67. The Kier molecular flexibility index (Phi) is 1.65. The lowest BCUT2D eigenvalue weighted by Gasteiger charge is -1.91. The average Bonchev–Trinajstić information content (AvgIpc) is 2.21. The molecule has 12 heavy (non-hydrogen) atoms. The summed E-state index contributed by atoms with van der Waals surface area (Å²) in [7, 11) is 0. The van der Waals surface area contributed by atoms with Crippen molar-refractivity contribution in [3.8, 4) is 11.6 Å². The van der Waals surface area contributed by atoms with Crippen LogP contribution in [0.5, 0.6) is 0 Å². The molecule has 2 aromatic heterocycles. The van der Waals surface area contributed by atoms with Crippen molar-refractivity contribution >= 4 is 0 Å². The molecule has 0 aliphatic heterocycles. The first-order valence-electron chi connectivity index (χ1n) is 3.16. The second-order valence-corrected chi connectivity index (χ2v) is 1.88. The molecule has 0 aliphatic rings. The minimum absolute atomic E-state index is 0.371. The molecule has 2 heterocycles. The molecule has 0 bridgehead atoms. The van der Waals surface area contributed by atoms with Crippen molar-refractivity contribution in [3.05, 3.63) is 25.0 Å². The zero-order valence-corrected chi connectivity index (χ0v) is 5.92. The van der Waals surface area contributed by atoms with Crippen molar-refractivity contribution < 1.29 is 0 Å². The topological polar surface area (TPSA) is 77.3 Å². The molecule has 0 aromatic carbocycles. The lowest BCUT2D eigenvalue weighted by molar-refractivity contribution is 0.937. The molecule has 57 valence electrons. The van der Waals surface area contributed by atoms with Gasteiger partial charge in [0.05, 0.1) is 6.20 Å². The molecule has 2 rings (SSSR count). The Morgan fingerprint density at radius 3 is 2.75 bits per heavy atom. The van der Waals surface area contributed by atoms with E-state index in [0.29, 0.717) is 11.6 Å². The van der Waals surface area contributed by atoms with E-state index in [9.17, 15) is 0 Å². The van der Waals surface area contributed by atoms with E-state index in [2.05, 4.69) is 36.5 Å². The van der Waals surface area contributed by atoms with Crippen molar-refractivity contribution in [3.63, 3.8) is 0 Å². The number of aromatic nitrogens is 6. The fourth-order valence-electron chi connectivity index (χ4n) is 0.672. The maximum Gasteiger partial charge on any atom is 0.219 e. The summed E-state index contributed by atoms with van der Waals surface area (Å²) in [4.78, 5) is 15.0. The van der Waals surface area contributed by atoms with Gasteiger partial charge in [-0.1, -0.05) is 0 Å². The molecule has 0 saturated carbocycles. The van der Waals surface area contributed by atoms with Crippen LogP contribution in [0.1, 0.15) is 0 Å². The summed E-state index contributed by atoms with van der Waals surface area (Å²) in [5.74, 6) is 0.745. The lowest BCUT2D eigenvalue weighted by Crippen LogP contribution is -1.95. The molecule has 0 unspecified atom stereocenters. The van der Waals surface area contributed by atoms with E-state index in [4.69, 9.17) is 0 Å². The highest BCUT2D eigenvalue weighted by molar-refractivity contribution is 5.38. The molecule has 0 fully saturated rings. The number of rotatable bonds is 1. The Labute approximate surface area is 67.8 Å². The van der Waals surface area contributed by atoms with Crippen LogP contribution >= 0.6 is 0 Å². The van der Waals surface area contributed by atoms with Crippen LogP contribution in [0, 0.1) is 6.33 Å². The van der Waals surface area contributed by atoms with Crippen molar-refractivity contribution in [2.45, 2.75) is 0 Å². The van der Waals surface area contributed by atoms with E-state index in [0.717, 1.165) is 0 Å². The second-order valence-electron chi connectivity index (χ2n) is 1.88. The largest absolute Gasteiger partial charge is 0.231 e. The van der Waals surface area contributed by atoms with Gasteiger partial charge in [0.2, 0.25) is 18.0 Å². The first kappa shape index (κ1) is 6.71. The van der Waals surface area contributed by atoms with Gasteiger partial charge in [-0.25, -0.2) is 19.9 Å². The van der Waals surface area contributed by atoms with Crippen LogP contribution in [-0.4, -0.2) is 30.1 Å². The van der Waals surface area contributed by atoms with E-state index in [1.165, 1.54) is 18.7 Å². The molecular weight excluding hydrogens is 156 g/mol. The first-order valence-corrected chi connectivity index (χ1v) is 3.16. The van der Waals surface area contributed by atoms with Gasteiger partial charge in [-0.3, -0.25) is 0 Å². The van der Waals surface area contributed by atoms with Crippen LogP contribution in [0.2, 0.25) is 0 Å². The quantitative estimate of drug-likeness (QED) is 0.559. The highest BCUT2D eigenvalue weighted by Crippen LogP contribution is 2.01. The Bertz CT molecular complexity index is 309. The molecule has 0 spiro atoms. The lowest BCUT2D eigenvalue weighted by atomic mass is 10.5. The minimum atomic E-state index is 0.371. The van der Waals surface area contributed by atoms with Crippen LogP contribution in [0.25, 0.3) is 11.6 Å². The van der Waals surface area contributed by atoms with Gasteiger partial charge in [0, 0.05) is 6.20 Å². The predicted molar refractivity (Wildman–Crippen MR) is 37.5 cm³/mol. The summed E-state index contributed by atoms with van der Waals surface area (Å²) < 4.78 is 0. The monoisotopic (exact) mass is 159 g/mol. The van der Waals surface area contributed by atoms with Gasteiger partial charge < -0.3 is 0 Å². The van der Waals surface area contributed by atoms with E-state index < -0.39 is 0 Å². The fourth-order valence-corrected chi connectivity index (χ4v) is 0.672. The highest BCUT2D eigenvalue weighted by Gasteiger charge is 2.01. The van der Waals surface area contributed by atoms with Crippen LogP contribution in [0.15, 0.2) is 18.7 Å². The molecule has 0 N–H and O–H groups in total. The molecule has 2 aromatic rings. The summed E-state index contributed by atoms with van der Waals surface area (Å²) in [6, 6.07) is 0. The van der Waals surface area contributed by atoms with Crippen LogP contribution in [0.4, 0.5) is 0 Å². The Balaban J connectivity index is 2.46. The van der Waals surface area contributed by atoms with Gasteiger partial charge in [-0.15, -0.1) is 5.10 Å². The van der Waals surface area contributed by atoms with Crippen LogP contribution in [-0.2, 0) is 0 Å². The molecule has 1 radical (unpaired) electrons. The molecule has 6 heteroatoms. The van der Waals surface area contributed by atoms with Crippen molar-refractivity contribution in [2.75, 3.05) is 0 Å². The molecule has 6 nitrogen and oxygen atoms in total. The summed E-state index contributed by atoms with van der Waals surface area (Å²) in [5.41, 5.74) is 0. The van der Waals surface area contributed by atoms with E-state index >= 15 is 0 Å². The van der Waals surface area contributed by atoms with Gasteiger partial charge >= 0.3 is 0 Å². The van der Waals surface area contributed by atoms with Gasteiger partial charge in [-0.2, -0.15) is 5.10 Å². The fraction of sp³-hybridized carbons (Fsp3) is 0. The summed E-state index contributed by atoms with van der Waals surface area (Å²) in [6.07, 6.45) is 6.72. The number of nitrogens with zero attached hydrogens (tertiary/aromatic N) is 6. The van der Waals surface area contributed by atoms with Crippen LogP contribution in [0.3, 0.4) is 0 Å². The third kappa shape index (κ3) is 1.22. The summed E-state index contributed by atoms with van der Waals surface area (Å²) >= 11 is 0. The Morgan fingerprint density at radius 1 is 1.08 bits per heavy atom. The number of hydrogen-bond acceptors (Lipinski definition) is 6. The Morgan fingerprint density at radius 2 is 2.08 bits per heavy atom. The molecule has 0 aliphatic carbocycles. The maximum absolute atomic E-state index is 3.90. The smallest absolute Gasteiger partial charge is 0.219 e. The maximum atomic E-state index is 3.90. The average molecular weight is 159 g/mol. The zero-order valence-electron chi connectivity index (χ0n) is 5.92. The Hall–Kier alpha value is -1.98. The van der Waals surface area contributed by atoms with Gasteiger partial charge in [0.15, 0.2) is 0 Å². The zero-order chi connectivity index (χ0) is 8.23. The second kappa shape index (κ2) is 2.95. The van der Waals surface area contributed by atoms with E-state index in [-0.39, 0.29) is 0 Å². The first-order chi connectivity index (χ1) is 5.97. The van der Waals surface area contributed by atoms with E-state index in [1.807, 2.05) is 0 Å². The van der Waals surface area contributed by atoms with Gasteiger partial charge in [-0.05, 0) is 0 Å². The predicted octanol–water partition coefficient (Wildman–Crippen LogP) is -0.476. The van der Waals surface area contributed by atoms with Crippen LogP contribution < -0.4 is 0 Å². The minimum Gasteiger partial charge on any atom is -0.231 e. The van der Waals surface area contributed by atoms with E-state index in [1.54, 1.807) is 0 Å². The number of hydrogen-bond donors (Lipinski definition) is 0. The van der Waals surface area contributed by atoms with Crippen molar-refractivity contribution in [1.29, 1.82) is 0 Å². The van der Waals surface area contributed by atoms with Crippen molar-refractivity contribution in [2.24, 2.45) is 0 Å². The standard InChI is InChI=1S/C6H3N6/c1-2-11-12-6(8-1)5-9-3-7-4-10-5/h1-3H. The molecule has 0 atom stereocenters. The molecule has 0 amide bonds. The van der Waals surface area contributed by atoms with Gasteiger partial charge in [0.25, 0.3) is 0 Å². The third-order valence-corrected chi connectivity index (χ3v) is 1.13. The van der Waals surface area contributed by atoms with Gasteiger partial charge in [0.1, 0.15) is 6.33 Å². The summed E-state index contributed by atoms with van der Waals surface area (Å²) in [5, 5.41) is 7.35. The SMILES string of the molecule is [c]1ncnc(-c2nccnn2)n1. The third-order valence-electron chi connectivity index (χ3n) is 1.13. The summed E-state index contributed by atoms with van der Waals surface area (Å²) in [6.45, 7) is 0. The molecule has 0 saturated heterocycles. The van der Waals surface area contributed by atoms with Crippen molar-refractivity contribution in [1.82, 2.24) is 30.1 Å².